The summed E-state index contributed by atoms with van der Waals surface area (Å²) in [4.78, 5) is 11.3. The van der Waals surface area contributed by atoms with E-state index in [0.29, 0.717) is 19.2 Å². The predicted molar refractivity (Wildman–Crippen MR) is 71.0 cm³/mol. The Hall–Kier alpha value is -1.63. The highest BCUT2D eigenvalue weighted by molar-refractivity contribution is 5.77. The molecule has 0 aliphatic rings. The van der Waals surface area contributed by atoms with Gasteiger partial charge in [-0.1, -0.05) is 13.8 Å². The zero-order valence-electron chi connectivity index (χ0n) is 11.9. The summed E-state index contributed by atoms with van der Waals surface area (Å²) in [5.74, 6) is -1.14. The summed E-state index contributed by atoms with van der Waals surface area (Å²) < 4.78 is 50.7. The van der Waals surface area contributed by atoms with Crippen LogP contribution in [0.3, 0.4) is 0 Å². The van der Waals surface area contributed by atoms with Crippen LogP contribution in [-0.2, 0) is 17.5 Å². The van der Waals surface area contributed by atoms with Crippen LogP contribution in [0.25, 0.3) is 0 Å². The fourth-order valence-electron chi connectivity index (χ4n) is 1.63. The first-order chi connectivity index (χ1) is 9.70. The smallest absolute Gasteiger partial charge is 0.355 e. The van der Waals surface area contributed by atoms with Crippen LogP contribution in [-0.4, -0.2) is 19.0 Å². The van der Waals surface area contributed by atoms with Gasteiger partial charge < -0.3 is 10.6 Å². The lowest BCUT2D eigenvalue weighted by molar-refractivity contribution is -0.137. The van der Waals surface area contributed by atoms with Gasteiger partial charge >= 0.3 is 6.18 Å². The topological polar surface area (TPSA) is 41.1 Å². The molecule has 21 heavy (non-hydrogen) atoms. The van der Waals surface area contributed by atoms with E-state index in [1.54, 1.807) is 13.8 Å². The lowest BCUT2D eigenvalue weighted by Crippen LogP contribution is -2.34. The van der Waals surface area contributed by atoms with Gasteiger partial charge in [-0.3, -0.25) is 4.79 Å². The van der Waals surface area contributed by atoms with Crippen molar-refractivity contribution in [2.24, 2.45) is 5.92 Å². The summed E-state index contributed by atoms with van der Waals surface area (Å²) in [5.41, 5.74) is -0.801. The van der Waals surface area contributed by atoms with Crippen LogP contribution >= 0.6 is 0 Å². The Morgan fingerprint density at radius 1 is 1.19 bits per heavy atom. The molecule has 0 spiro atoms. The molecule has 0 radical (unpaired) electrons. The molecule has 1 aromatic carbocycles. The van der Waals surface area contributed by atoms with Gasteiger partial charge in [-0.05, 0) is 23.8 Å². The summed E-state index contributed by atoms with van der Waals surface area (Å²) in [5, 5.41) is 5.51. The first-order valence-electron chi connectivity index (χ1n) is 6.55. The maximum absolute atomic E-state index is 13.1. The third-order valence-electron chi connectivity index (χ3n) is 2.74. The van der Waals surface area contributed by atoms with Gasteiger partial charge in [0.05, 0.1) is 5.56 Å². The van der Waals surface area contributed by atoms with Crippen LogP contribution in [0.4, 0.5) is 17.6 Å². The van der Waals surface area contributed by atoms with Crippen molar-refractivity contribution in [1.82, 2.24) is 10.6 Å². The van der Waals surface area contributed by atoms with E-state index in [1.165, 1.54) is 0 Å². The van der Waals surface area contributed by atoms with E-state index in [1.807, 2.05) is 0 Å². The van der Waals surface area contributed by atoms with Crippen molar-refractivity contribution in [3.05, 3.63) is 35.1 Å². The van der Waals surface area contributed by atoms with Gasteiger partial charge in [-0.15, -0.1) is 0 Å². The molecular formula is C14H18F4N2O. The van der Waals surface area contributed by atoms with Gasteiger partial charge in [0.25, 0.3) is 0 Å². The predicted octanol–water partition coefficient (Wildman–Crippen LogP) is 2.71. The summed E-state index contributed by atoms with van der Waals surface area (Å²) in [6, 6.07) is 2.42. The molecule has 0 aliphatic carbocycles. The molecule has 0 aromatic heterocycles. The largest absolute Gasteiger partial charge is 0.416 e. The lowest BCUT2D eigenvalue weighted by Gasteiger charge is -2.11. The molecule has 0 bridgehead atoms. The average molecular weight is 306 g/mol. The number of carbonyl (C=O) groups excluding carboxylic acids is 1. The molecule has 1 rings (SSSR count). The fourth-order valence-corrected chi connectivity index (χ4v) is 1.63. The minimum absolute atomic E-state index is 0.0955. The van der Waals surface area contributed by atoms with E-state index in [-0.39, 0.29) is 23.9 Å². The van der Waals surface area contributed by atoms with E-state index >= 15 is 0 Å². The quantitative estimate of drug-likeness (QED) is 0.627. The molecule has 1 aromatic rings. The molecule has 3 nitrogen and oxygen atoms in total. The average Bonchev–Trinajstić information content (AvgIpc) is 2.36. The number of amides is 1. The minimum atomic E-state index is -4.57. The third kappa shape index (κ3) is 6.12. The van der Waals surface area contributed by atoms with Crippen molar-refractivity contribution in [1.29, 1.82) is 0 Å². The molecule has 0 saturated carbocycles. The molecule has 0 fully saturated rings. The lowest BCUT2D eigenvalue weighted by atomic mass is 10.1. The van der Waals surface area contributed by atoms with Crippen molar-refractivity contribution in [3.63, 3.8) is 0 Å². The van der Waals surface area contributed by atoms with E-state index < -0.39 is 17.6 Å². The Morgan fingerprint density at radius 3 is 2.43 bits per heavy atom. The number of halogens is 4. The molecule has 0 atom stereocenters. The molecule has 2 N–H and O–H groups in total. The standard InChI is InChI=1S/C14H18F4N2O/c1-9(2)13(21)20-4-3-19-8-10-5-11(14(16,17)18)7-12(15)6-10/h5-7,9,19H,3-4,8H2,1-2H3,(H,20,21). The zero-order valence-corrected chi connectivity index (χ0v) is 11.9. The fraction of sp³-hybridized carbons (Fsp3) is 0.500. The highest BCUT2D eigenvalue weighted by atomic mass is 19.4. The number of alkyl halides is 3. The van der Waals surface area contributed by atoms with E-state index in [2.05, 4.69) is 10.6 Å². The highest BCUT2D eigenvalue weighted by Crippen LogP contribution is 2.30. The molecule has 0 heterocycles. The van der Waals surface area contributed by atoms with E-state index in [0.717, 1.165) is 12.1 Å². The minimum Gasteiger partial charge on any atom is -0.355 e. The van der Waals surface area contributed by atoms with Crippen molar-refractivity contribution >= 4 is 5.91 Å². The molecule has 1 amide bonds. The number of hydrogen-bond acceptors (Lipinski definition) is 2. The molecular weight excluding hydrogens is 288 g/mol. The van der Waals surface area contributed by atoms with Crippen LogP contribution in [0, 0.1) is 11.7 Å². The highest BCUT2D eigenvalue weighted by Gasteiger charge is 2.31. The maximum atomic E-state index is 13.1. The van der Waals surface area contributed by atoms with Gasteiger partial charge in [0, 0.05) is 25.6 Å². The van der Waals surface area contributed by atoms with Gasteiger partial charge in [0.15, 0.2) is 0 Å². The van der Waals surface area contributed by atoms with Crippen molar-refractivity contribution in [2.75, 3.05) is 13.1 Å². The molecule has 0 unspecified atom stereocenters. The van der Waals surface area contributed by atoms with Crippen LogP contribution in [0.5, 0.6) is 0 Å². The maximum Gasteiger partial charge on any atom is 0.416 e. The monoisotopic (exact) mass is 306 g/mol. The Kier molecular flexibility index (Phi) is 6.14. The van der Waals surface area contributed by atoms with Gasteiger partial charge in [0.1, 0.15) is 5.82 Å². The van der Waals surface area contributed by atoms with Crippen molar-refractivity contribution in [3.8, 4) is 0 Å². The van der Waals surface area contributed by atoms with E-state index in [4.69, 9.17) is 0 Å². The summed E-state index contributed by atoms with van der Waals surface area (Å²) in [6.07, 6.45) is -4.57. The summed E-state index contributed by atoms with van der Waals surface area (Å²) in [6.45, 7) is 4.36. The number of nitrogens with one attached hydrogen (secondary N) is 2. The Balaban J connectivity index is 2.46. The van der Waals surface area contributed by atoms with Crippen LogP contribution in [0.1, 0.15) is 25.0 Å². The van der Waals surface area contributed by atoms with Gasteiger partial charge in [0.2, 0.25) is 5.91 Å². The molecule has 0 aliphatic heterocycles. The summed E-state index contributed by atoms with van der Waals surface area (Å²) >= 11 is 0. The van der Waals surface area contributed by atoms with E-state index in [9.17, 15) is 22.4 Å². The van der Waals surface area contributed by atoms with Gasteiger partial charge in [-0.25, -0.2) is 4.39 Å². The number of carbonyl (C=O) groups is 1. The third-order valence-corrected chi connectivity index (χ3v) is 2.74. The van der Waals surface area contributed by atoms with Crippen molar-refractivity contribution < 1.29 is 22.4 Å². The van der Waals surface area contributed by atoms with Crippen LogP contribution < -0.4 is 10.6 Å². The van der Waals surface area contributed by atoms with Crippen LogP contribution in [0.15, 0.2) is 18.2 Å². The second-order valence-corrected chi connectivity index (χ2v) is 4.97. The molecule has 0 saturated heterocycles. The normalized spacial score (nSPS) is 11.8. The second-order valence-electron chi connectivity index (χ2n) is 4.97. The SMILES string of the molecule is CC(C)C(=O)NCCNCc1cc(F)cc(C(F)(F)F)c1. The Labute approximate surface area is 120 Å². The van der Waals surface area contributed by atoms with Gasteiger partial charge in [-0.2, -0.15) is 13.2 Å². The Bertz CT molecular complexity index is 486. The number of benzene rings is 1. The van der Waals surface area contributed by atoms with Crippen molar-refractivity contribution in [2.45, 2.75) is 26.6 Å². The number of hydrogen-bond donors (Lipinski definition) is 2. The Morgan fingerprint density at radius 2 is 1.86 bits per heavy atom. The molecule has 7 heteroatoms. The zero-order chi connectivity index (χ0) is 16.0. The number of rotatable bonds is 6. The first-order valence-corrected chi connectivity index (χ1v) is 6.55. The second kappa shape index (κ2) is 7.40. The molecule has 118 valence electrons. The van der Waals surface area contributed by atoms with Crippen LogP contribution in [0.2, 0.25) is 0 Å². The first kappa shape index (κ1) is 17.4. The summed E-state index contributed by atoms with van der Waals surface area (Å²) in [7, 11) is 0.